The van der Waals surface area contributed by atoms with E-state index in [1.165, 1.54) is 17.5 Å². The van der Waals surface area contributed by atoms with Crippen LogP contribution in [-0.2, 0) is 6.42 Å². The van der Waals surface area contributed by atoms with Crippen LogP contribution >= 0.6 is 0 Å². The van der Waals surface area contributed by atoms with Crippen LogP contribution in [0.25, 0.3) is 5.70 Å². The van der Waals surface area contributed by atoms with Gasteiger partial charge in [-0.15, -0.1) is 0 Å². The molecule has 0 amide bonds. The molecule has 0 aliphatic rings. The maximum absolute atomic E-state index is 4.11. The zero-order valence-corrected chi connectivity index (χ0v) is 11.7. The largest absolute Gasteiger partial charge is 0.356 e. The van der Waals surface area contributed by atoms with Gasteiger partial charge in [0.25, 0.3) is 0 Å². The maximum atomic E-state index is 4.11. The van der Waals surface area contributed by atoms with Gasteiger partial charge in [-0.2, -0.15) is 0 Å². The van der Waals surface area contributed by atoms with Crippen LogP contribution in [0.4, 0.5) is 5.69 Å². The van der Waals surface area contributed by atoms with E-state index in [2.05, 4.69) is 74.3 Å². The van der Waals surface area contributed by atoms with Gasteiger partial charge < -0.3 is 5.32 Å². The lowest BCUT2D eigenvalue weighted by atomic mass is 10.1. The van der Waals surface area contributed by atoms with Crippen molar-refractivity contribution >= 4 is 11.4 Å². The van der Waals surface area contributed by atoms with Crippen LogP contribution in [0.3, 0.4) is 0 Å². The second-order valence-corrected chi connectivity index (χ2v) is 4.92. The molecule has 0 aromatic heterocycles. The number of rotatable bonds is 5. The van der Waals surface area contributed by atoms with Crippen molar-refractivity contribution in [2.24, 2.45) is 0 Å². The molecule has 0 heterocycles. The molecule has 2 rings (SSSR count). The fraction of sp³-hybridized carbons (Fsp3) is 0.222. The summed E-state index contributed by atoms with van der Waals surface area (Å²) in [5.41, 5.74) is 5.80. The Hall–Kier alpha value is -2.02. The molecule has 2 aromatic rings. The van der Waals surface area contributed by atoms with E-state index in [4.69, 9.17) is 0 Å². The smallest absolute Gasteiger partial charge is 0.0384 e. The summed E-state index contributed by atoms with van der Waals surface area (Å²) < 4.78 is 0. The molecule has 19 heavy (non-hydrogen) atoms. The van der Waals surface area contributed by atoms with E-state index >= 15 is 0 Å². The standard InChI is InChI=1S/C18H21N/c1-4-5-16-8-10-17(11-9-16)15(3)19-18-12-6-14(2)7-13-18/h6-13,19H,3-5H2,1-2H3. The van der Waals surface area contributed by atoms with Crippen molar-refractivity contribution in [1.29, 1.82) is 0 Å². The zero-order chi connectivity index (χ0) is 13.7. The van der Waals surface area contributed by atoms with Gasteiger partial charge in [0.15, 0.2) is 0 Å². The van der Waals surface area contributed by atoms with Gasteiger partial charge >= 0.3 is 0 Å². The lowest BCUT2D eigenvalue weighted by Gasteiger charge is -2.10. The molecule has 1 nitrogen and oxygen atoms in total. The third kappa shape index (κ3) is 3.72. The number of aryl methyl sites for hydroxylation is 2. The summed E-state index contributed by atoms with van der Waals surface area (Å²) in [5, 5.41) is 3.34. The molecule has 0 saturated heterocycles. The predicted molar refractivity (Wildman–Crippen MR) is 84.3 cm³/mol. The SMILES string of the molecule is C=C(Nc1ccc(C)cc1)c1ccc(CCC)cc1. The van der Waals surface area contributed by atoms with Crippen molar-refractivity contribution in [3.63, 3.8) is 0 Å². The van der Waals surface area contributed by atoms with E-state index in [0.717, 1.165) is 23.4 Å². The summed E-state index contributed by atoms with van der Waals surface area (Å²) in [4.78, 5) is 0. The number of benzene rings is 2. The summed E-state index contributed by atoms with van der Waals surface area (Å²) in [7, 11) is 0. The first-order chi connectivity index (χ1) is 9.19. The molecule has 0 atom stereocenters. The molecular weight excluding hydrogens is 230 g/mol. The summed E-state index contributed by atoms with van der Waals surface area (Å²) in [6, 6.07) is 17.0. The lowest BCUT2D eigenvalue weighted by Crippen LogP contribution is -1.97. The molecule has 98 valence electrons. The molecule has 2 aromatic carbocycles. The van der Waals surface area contributed by atoms with Gasteiger partial charge in [0.05, 0.1) is 0 Å². The van der Waals surface area contributed by atoms with Gasteiger partial charge in [0, 0.05) is 11.4 Å². The van der Waals surface area contributed by atoms with Crippen molar-refractivity contribution in [2.75, 3.05) is 5.32 Å². The number of anilines is 1. The summed E-state index contributed by atoms with van der Waals surface area (Å²) in [6.45, 7) is 8.40. The van der Waals surface area contributed by atoms with Crippen molar-refractivity contribution in [1.82, 2.24) is 0 Å². The topological polar surface area (TPSA) is 12.0 Å². The van der Waals surface area contributed by atoms with Gasteiger partial charge in [0.2, 0.25) is 0 Å². The Balaban J connectivity index is 2.05. The Kier molecular flexibility index (Phi) is 4.40. The van der Waals surface area contributed by atoms with E-state index in [9.17, 15) is 0 Å². The van der Waals surface area contributed by atoms with E-state index in [-0.39, 0.29) is 0 Å². The second-order valence-electron chi connectivity index (χ2n) is 4.92. The minimum atomic E-state index is 0.937. The Morgan fingerprint density at radius 2 is 1.63 bits per heavy atom. The predicted octanol–water partition coefficient (Wildman–Crippen LogP) is 5.03. The Bertz CT molecular complexity index is 535. The van der Waals surface area contributed by atoms with Gasteiger partial charge in [-0.25, -0.2) is 0 Å². The molecule has 0 fully saturated rings. The Morgan fingerprint density at radius 3 is 2.21 bits per heavy atom. The van der Waals surface area contributed by atoms with E-state index in [1.807, 2.05) is 0 Å². The maximum Gasteiger partial charge on any atom is 0.0384 e. The molecular formula is C18H21N. The van der Waals surface area contributed by atoms with Crippen LogP contribution in [-0.4, -0.2) is 0 Å². The van der Waals surface area contributed by atoms with E-state index in [1.54, 1.807) is 0 Å². The molecule has 0 saturated carbocycles. The monoisotopic (exact) mass is 251 g/mol. The average molecular weight is 251 g/mol. The number of nitrogens with one attached hydrogen (secondary N) is 1. The third-order valence-electron chi connectivity index (χ3n) is 3.19. The molecule has 0 aliphatic heterocycles. The quantitative estimate of drug-likeness (QED) is 0.785. The fourth-order valence-electron chi connectivity index (χ4n) is 2.04. The van der Waals surface area contributed by atoms with Gasteiger partial charge in [0.1, 0.15) is 0 Å². The van der Waals surface area contributed by atoms with E-state index in [0.29, 0.717) is 0 Å². The summed E-state index contributed by atoms with van der Waals surface area (Å²) in [6.07, 6.45) is 2.32. The van der Waals surface area contributed by atoms with Crippen LogP contribution in [0.1, 0.15) is 30.0 Å². The number of hydrogen-bond donors (Lipinski definition) is 1. The van der Waals surface area contributed by atoms with Gasteiger partial charge in [-0.05, 0) is 36.6 Å². The summed E-state index contributed by atoms with van der Waals surface area (Å²) >= 11 is 0. The van der Waals surface area contributed by atoms with Crippen molar-refractivity contribution in [3.8, 4) is 0 Å². The lowest BCUT2D eigenvalue weighted by molar-refractivity contribution is 0.922. The van der Waals surface area contributed by atoms with Crippen LogP contribution in [0.5, 0.6) is 0 Å². The normalized spacial score (nSPS) is 10.2. The molecule has 0 aliphatic carbocycles. The molecule has 0 unspecified atom stereocenters. The fourth-order valence-corrected chi connectivity index (χ4v) is 2.04. The Morgan fingerprint density at radius 1 is 1.00 bits per heavy atom. The van der Waals surface area contributed by atoms with Crippen molar-refractivity contribution in [2.45, 2.75) is 26.7 Å². The van der Waals surface area contributed by atoms with Crippen LogP contribution in [0.2, 0.25) is 0 Å². The minimum absolute atomic E-state index is 0.937. The third-order valence-corrected chi connectivity index (χ3v) is 3.19. The Labute approximate surface area is 116 Å². The highest BCUT2D eigenvalue weighted by Crippen LogP contribution is 2.18. The van der Waals surface area contributed by atoms with Crippen molar-refractivity contribution in [3.05, 3.63) is 71.8 Å². The molecule has 0 bridgehead atoms. The molecule has 1 heteroatoms. The first kappa shape index (κ1) is 13.4. The number of hydrogen-bond acceptors (Lipinski definition) is 1. The highest BCUT2D eigenvalue weighted by molar-refractivity contribution is 5.75. The minimum Gasteiger partial charge on any atom is -0.356 e. The molecule has 1 N–H and O–H groups in total. The van der Waals surface area contributed by atoms with Crippen LogP contribution < -0.4 is 5.32 Å². The first-order valence-corrected chi connectivity index (χ1v) is 6.81. The summed E-state index contributed by atoms with van der Waals surface area (Å²) in [5.74, 6) is 0. The van der Waals surface area contributed by atoms with Gasteiger partial charge in [-0.1, -0.05) is 61.9 Å². The van der Waals surface area contributed by atoms with E-state index < -0.39 is 0 Å². The highest BCUT2D eigenvalue weighted by Gasteiger charge is 2.00. The van der Waals surface area contributed by atoms with Crippen LogP contribution in [0.15, 0.2) is 55.1 Å². The van der Waals surface area contributed by atoms with Crippen molar-refractivity contribution < 1.29 is 0 Å². The first-order valence-electron chi connectivity index (χ1n) is 6.81. The zero-order valence-electron chi connectivity index (χ0n) is 11.7. The molecule has 0 spiro atoms. The molecule has 0 radical (unpaired) electrons. The highest BCUT2D eigenvalue weighted by atomic mass is 14.9. The average Bonchev–Trinajstić information content (AvgIpc) is 2.42. The van der Waals surface area contributed by atoms with Crippen LogP contribution in [0, 0.1) is 6.92 Å². The van der Waals surface area contributed by atoms with Gasteiger partial charge in [-0.3, -0.25) is 0 Å². The second kappa shape index (κ2) is 6.24.